The molecule has 1 aromatic carbocycles. The number of nitrogens with zero attached hydrogens (tertiary/aromatic N) is 2. The van der Waals surface area contributed by atoms with Crippen LogP contribution in [0.15, 0.2) is 12.1 Å². The van der Waals surface area contributed by atoms with Crippen molar-refractivity contribution >= 4 is 17.3 Å². The van der Waals surface area contributed by atoms with Crippen molar-refractivity contribution in [2.75, 3.05) is 36.5 Å². The number of carbonyl (C=O) groups is 1. The van der Waals surface area contributed by atoms with Gasteiger partial charge in [-0.05, 0) is 12.5 Å². The summed E-state index contributed by atoms with van der Waals surface area (Å²) in [5.74, 6) is -2.20. The van der Waals surface area contributed by atoms with Gasteiger partial charge in [0.15, 0.2) is 5.82 Å². The van der Waals surface area contributed by atoms with Crippen LogP contribution in [0.3, 0.4) is 0 Å². The molecule has 0 radical (unpaired) electrons. The van der Waals surface area contributed by atoms with E-state index in [4.69, 9.17) is 5.11 Å². The molecule has 0 spiro atoms. The van der Waals surface area contributed by atoms with Gasteiger partial charge in [-0.3, -0.25) is 4.79 Å². The summed E-state index contributed by atoms with van der Waals surface area (Å²) in [4.78, 5) is 14.1. The molecule has 4 nitrogen and oxygen atoms in total. The lowest BCUT2D eigenvalue weighted by atomic mass is 10.2. The number of carboxylic acids is 1. The van der Waals surface area contributed by atoms with Gasteiger partial charge in [-0.25, -0.2) is 8.78 Å². The summed E-state index contributed by atoms with van der Waals surface area (Å²) in [7, 11) is 1.78. The molecule has 0 saturated carbocycles. The molecule has 0 aliphatic carbocycles. The number of rotatable bonds is 3. The van der Waals surface area contributed by atoms with E-state index in [-0.39, 0.29) is 13.0 Å². The Morgan fingerprint density at radius 1 is 1.37 bits per heavy atom. The van der Waals surface area contributed by atoms with Crippen molar-refractivity contribution in [3.05, 3.63) is 23.8 Å². The topological polar surface area (TPSA) is 43.8 Å². The van der Waals surface area contributed by atoms with Crippen LogP contribution in [0.25, 0.3) is 0 Å². The Morgan fingerprint density at radius 2 is 2.11 bits per heavy atom. The third-order valence-corrected chi connectivity index (χ3v) is 3.25. The standard InChI is InChI=1S/C13H16F2N2O2/c1-16-4-2-5-17(6-3-12(18)19)13-10(15)7-9(14)8-11(13)16/h7-8H,2-6H2,1H3,(H,18,19). The highest BCUT2D eigenvalue weighted by Gasteiger charge is 2.23. The normalized spacial score (nSPS) is 15.1. The summed E-state index contributed by atoms with van der Waals surface area (Å²) in [6, 6.07) is 2.13. The molecular weight excluding hydrogens is 254 g/mol. The first-order valence-electron chi connectivity index (χ1n) is 6.16. The van der Waals surface area contributed by atoms with Crippen molar-refractivity contribution < 1.29 is 18.7 Å². The van der Waals surface area contributed by atoms with Crippen LogP contribution in [0.2, 0.25) is 0 Å². The summed E-state index contributed by atoms with van der Waals surface area (Å²) in [6.07, 6.45) is 0.700. The van der Waals surface area contributed by atoms with E-state index in [9.17, 15) is 13.6 Å². The quantitative estimate of drug-likeness (QED) is 0.913. The number of hydrogen-bond donors (Lipinski definition) is 1. The molecule has 0 fully saturated rings. The van der Waals surface area contributed by atoms with Crippen molar-refractivity contribution in [1.29, 1.82) is 0 Å². The number of fused-ring (bicyclic) bond motifs is 1. The minimum atomic E-state index is -0.929. The molecule has 0 aromatic heterocycles. The van der Waals surface area contributed by atoms with Gasteiger partial charge < -0.3 is 14.9 Å². The lowest BCUT2D eigenvalue weighted by molar-refractivity contribution is -0.136. The highest BCUT2D eigenvalue weighted by Crippen LogP contribution is 2.35. The minimum Gasteiger partial charge on any atom is -0.481 e. The van der Waals surface area contributed by atoms with Crippen LogP contribution in [-0.2, 0) is 4.79 Å². The maximum absolute atomic E-state index is 14.0. The maximum Gasteiger partial charge on any atom is 0.305 e. The predicted octanol–water partition coefficient (Wildman–Crippen LogP) is 2.09. The van der Waals surface area contributed by atoms with E-state index < -0.39 is 17.6 Å². The largest absolute Gasteiger partial charge is 0.481 e. The first-order chi connectivity index (χ1) is 8.99. The third kappa shape index (κ3) is 2.94. The lowest BCUT2D eigenvalue weighted by Crippen LogP contribution is -2.27. The van der Waals surface area contributed by atoms with Crippen molar-refractivity contribution in [1.82, 2.24) is 0 Å². The Balaban J connectivity index is 2.38. The Labute approximate surface area is 110 Å². The maximum atomic E-state index is 14.0. The zero-order valence-electron chi connectivity index (χ0n) is 10.7. The van der Waals surface area contributed by atoms with E-state index >= 15 is 0 Å². The lowest BCUT2D eigenvalue weighted by Gasteiger charge is -2.26. The second kappa shape index (κ2) is 5.42. The molecule has 0 amide bonds. The fraction of sp³-hybridized carbons (Fsp3) is 0.462. The molecule has 1 aliphatic rings. The molecular formula is C13H16F2N2O2. The Morgan fingerprint density at radius 3 is 2.79 bits per heavy atom. The predicted molar refractivity (Wildman–Crippen MR) is 68.7 cm³/mol. The molecule has 1 aromatic rings. The van der Waals surface area contributed by atoms with Crippen LogP contribution in [0.4, 0.5) is 20.2 Å². The fourth-order valence-electron chi connectivity index (χ4n) is 2.34. The number of hydrogen-bond acceptors (Lipinski definition) is 3. The van der Waals surface area contributed by atoms with Crippen LogP contribution in [-0.4, -0.2) is 37.8 Å². The van der Waals surface area contributed by atoms with Crippen molar-refractivity contribution in [2.45, 2.75) is 12.8 Å². The third-order valence-electron chi connectivity index (χ3n) is 3.25. The van der Waals surface area contributed by atoms with Gasteiger partial charge in [0.05, 0.1) is 17.8 Å². The minimum absolute atomic E-state index is 0.0695. The summed E-state index contributed by atoms with van der Waals surface area (Å²) >= 11 is 0. The molecule has 2 rings (SSSR count). The average molecular weight is 270 g/mol. The van der Waals surface area contributed by atoms with Crippen molar-refractivity contribution in [2.24, 2.45) is 0 Å². The molecule has 0 atom stereocenters. The highest BCUT2D eigenvalue weighted by molar-refractivity contribution is 5.74. The first kappa shape index (κ1) is 13.6. The van der Waals surface area contributed by atoms with E-state index in [0.717, 1.165) is 12.5 Å². The summed E-state index contributed by atoms with van der Waals surface area (Å²) in [6.45, 7) is 1.46. The number of halogens is 2. The van der Waals surface area contributed by atoms with Gasteiger partial charge in [0, 0.05) is 32.7 Å². The zero-order valence-corrected chi connectivity index (χ0v) is 10.7. The number of carboxylic acid groups (broad SMARTS) is 1. The Bertz CT molecular complexity index is 494. The van der Waals surface area contributed by atoms with E-state index in [1.54, 1.807) is 16.8 Å². The summed E-state index contributed by atoms with van der Waals surface area (Å²) < 4.78 is 27.3. The van der Waals surface area contributed by atoms with Crippen LogP contribution in [0.1, 0.15) is 12.8 Å². The summed E-state index contributed by atoms with van der Waals surface area (Å²) in [5, 5.41) is 8.74. The number of anilines is 2. The van der Waals surface area contributed by atoms with E-state index in [1.807, 2.05) is 0 Å². The molecule has 0 bridgehead atoms. The summed E-state index contributed by atoms with van der Waals surface area (Å²) in [5.41, 5.74) is 0.767. The van der Waals surface area contributed by atoms with Crippen LogP contribution >= 0.6 is 0 Å². The molecule has 0 saturated heterocycles. The molecule has 1 aliphatic heterocycles. The fourth-order valence-corrected chi connectivity index (χ4v) is 2.34. The van der Waals surface area contributed by atoms with E-state index in [2.05, 4.69) is 0 Å². The second-order valence-corrected chi connectivity index (χ2v) is 4.66. The van der Waals surface area contributed by atoms with Crippen LogP contribution in [0, 0.1) is 11.6 Å². The molecule has 6 heteroatoms. The molecule has 1 N–H and O–H groups in total. The zero-order chi connectivity index (χ0) is 14.0. The van der Waals surface area contributed by atoms with E-state index in [0.29, 0.717) is 24.5 Å². The van der Waals surface area contributed by atoms with Crippen molar-refractivity contribution in [3.8, 4) is 0 Å². The van der Waals surface area contributed by atoms with Crippen LogP contribution < -0.4 is 9.80 Å². The van der Waals surface area contributed by atoms with Gasteiger partial charge in [0.2, 0.25) is 0 Å². The molecule has 104 valence electrons. The molecule has 1 heterocycles. The monoisotopic (exact) mass is 270 g/mol. The van der Waals surface area contributed by atoms with Crippen LogP contribution in [0.5, 0.6) is 0 Å². The van der Waals surface area contributed by atoms with Gasteiger partial charge in [-0.15, -0.1) is 0 Å². The number of benzene rings is 1. The van der Waals surface area contributed by atoms with Gasteiger partial charge >= 0.3 is 5.97 Å². The van der Waals surface area contributed by atoms with Gasteiger partial charge in [-0.1, -0.05) is 0 Å². The van der Waals surface area contributed by atoms with Gasteiger partial charge in [0.1, 0.15) is 5.82 Å². The van der Waals surface area contributed by atoms with E-state index in [1.165, 1.54) is 6.07 Å². The Kier molecular flexibility index (Phi) is 3.87. The average Bonchev–Trinajstić information content (AvgIpc) is 2.47. The molecule has 19 heavy (non-hydrogen) atoms. The smallest absolute Gasteiger partial charge is 0.305 e. The highest BCUT2D eigenvalue weighted by atomic mass is 19.1. The second-order valence-electron chi connectivity index (χ2n) is 4.66. The van der Waals surface area contributed by atoms with Gasteiger partial charge in [0.25, 0.3) is 0 Å². The van der Waals surface area contributed by atoms with Crippen molar-refractivity contribution in [3.63, 3.8) is 0 Å². The van der Waals surface area contributed by atoms with Gasteiger partial charge in [-0.2, -0.15) is 0 Å². The first-order valence-corrected chi connectivity index (χ1v) is 6.16. The number of aliphatic carboxylic acids is 1. The SMILES string of the molecule is CN1CCCN(CCC(=O)O)c2c(F)cc(F)cc21. The molecule has 0 unspecified atom stereocenters. The Hall–Kier alpha value is -1.85.